The van der Waals surface area contributed by atoms with E-state index in [2.05, 4.69) is 37.1 Å². The van der Waals surface area contributed by atoms with Crippen molar-refractivity contribution in [2.24, 2.45) is 0 Å². The van der Waals surface area contributed by atoms with Crippen molar-refractivity contribution >= 4 is 13.8 Å². The third-order valence-corrected chi connectivity index (χ3v) is 3.15. The number of anilines is 1. The minimum Gasteiger partial charge on any atom is -0.497 e. The highest BCUT2D eigenvalue weighted by atomic mass is 28.3. The highest BCUT2D eigenvalue weighted by Crippen LogP contribution is 2.15. The van der Waals surface area contributed by atoms with Crippen molar-refractivity contribution in [3.63, 3.8) is 0 Å². The normalized spacial score (nSPS) is 11.1. The molecule has 0 unspecified atom stereocenters. The molecule has 0 heterocycles. The van der Waals surface area contributed by atoms with Crippen LogP contribution in [-0.4, -0.2) is 21.4 Å². The summed E-state index contributed by atoms with van der Waals surface area (Å²) in [5.74, 6) is 0.906. The molecule has 0 bridgehead atoms. The largest absolute Gasteiger partial charge is 0.497 e. The highest BCUT2D eigenvalue weighted by Gasteiger charge is 2.11. The second-order valence-electron chi connectivity index (χ2n) is 4.64. The van der Waals surface area contributed by atoms with Gasteiger partial charge in [-0.2, -0.15) is 0 Å². The topological polar surface area (TPSA) is 21.3 Å². The van der Waals surface area contributed by atoms with E-state index in [1.165, 1.54) is 5.69 Å². The van der Waals surface area contributed by atoms with Gasteiger partial charge in [0, 0.05) is 11.9 Å². The fraction of sp³-hybridized carbons (Fsp3) is 0.455. The molecule has 1 rings (SSSR count). The van der Waals surface area contributed by atoms with Crippen molar-refractivity contribution in [3.8, 4) is 5.75 Å². The van der Waals surface area contributed by atoms with Crippen LogP contribution in [0.1, 0.15) is 0 Å². The monoisotopic (exact) mass is 209 g/mol. The molecule has 0 atom stereocenters. The van der Waals surface area contributed by atoms with Gasteiger partial charge in [0.1, 0.15) is 5.75 Å². The lowest BCUT2D eigenvalue weighted by atomic mass is 10.3. The first kappa shape index (κ1) is 11.1. The van der Waals surface area contributed by atoms with Gasteiger partial charge >= 0.3 is 0 Å². The molecular formula is C11H19NOSi. The van der Waals surface area contributed by atoms with Gasteiger partial charge in [-0.3, -0.25) is 0 Å². The van der Waals surface area contributed by atoms with Gasteiger partial charge in [-0.05, 0) is 24.3 Å². The van der Waals surface area contributed by atoms with Crippen molar-refractivity contribution < 1.29 is 4.74 Å². The molecule has 2 nitrogen and oxygen atoms in total. The molecule has 0 amide bonds. The smallest absolute Gasteiger partial charge is 0.119 e. The predicted molar refractivity (Wildman–Crippen MR) is 64.8 cm³/mol. The first-order chi connectivity index (χ1) is 6.51. The Morgan fingerprint density at radius 2 is 1.71 bits per heavy atom. The SMILES string of the molecule is COc1ccc(NC[Si](C)(C)C)cc1. The quantitative estimate of drug-likeness (QED) is 0.770. The number of benzene rings is 1. The van der Waals surface area contributed by atoms with Crippen LogP contribution in [0.15, 0.2) is 24.3 Å². The summed E-state index contributed by atoms with van der Waals surface area (Å²) < 4.78 is 5.10. The molecule has 0 fully saturated rings. The van der Waals surface area contributed by atoms with E-state index >= 15 is 0 Å². The molecule has 14 heavy (non-hydrogen) atoms. The summed E-state index contributed by atoms with van der Waals surface area (Å²) in [6.45, 7) is 7.05. The van der Waals surface area contributed by atoms with Crippen LogP contribution in [0.4, 0.5) is 5.69 Å². The standard InChI is InChI=1S/C11H19NOSi/c1-13-11-7-5-10(6-8-11)12-9-14(2,3)4/h5-8,12H,9H2,1-4H3. The fourth-order valence-electron chi connectivity index (χ4n) is 1.08. The van der Waals surface area contributed by atoms with Gasteiger partial charge in [-0.1, -0.05) is 19.6 Å². The highest BCUT2D eigenvalue weighted by molar-refractivity contribution is 6.76. The molecule has 0 aromatic heterocycles. The summed E-state index contributed by atoms with van der Waals surface area (Å²) in [6.07, 6.45) is 1.11. The number of rotatable bonds is 4. The lowest BCUT2D eigenvalue weighted by molar-refractivity contribution is 0.415. The Morgan fingerprint density at radius 3 is 2.14 bits per heavy atom. The average Bonchev–Trinajstić information content (AvgIpc) is 2.14. The number of ether oxygens (including phenoxy) is 1. The fourth-order valence-corrected chi connectivity index (χ4v) is 1.81. The molecule has 1 aromatic carbocycles. The van der Waals surface area contributed by atoms with Crippen LogP contribution >= 0.6 is 0 Å². The van der Waals surface area contributed by atoms with Crippen molar-refractivity contribution in [3.05, 3.63) is 24.3 Å². The number of hydrogen-bond acceptors (Lipinski definition) is 2. The van der Waals surface area contributed by atoms with Crippen LogP contribution in [0.2, 0.25) is 19.6 Å². The molecule has 1 N–H and O–H groups in total. The molecule has 3 heteroatoms. The summed E-state index contributed by atoms with van der Waals surface area (Å²) in [4.78, 5) is 0. The van der Waals surface area contributed by atoms with E-state index in [4.69, 9.17) is 4.74 Å². The summed E-state index contributed by atoms with van der Waals surface area (Å²) in [6, 6.07) is 8.07. The first-order valence-electron chi connectivity index (χ1n) is 4.89. The van der Waals surface area contributed by atoms with Gasteiger partial charge in [0.2, 0.25) is 0 Å². The Balaban J connectivity index is 2.52. The maximum atomic E-state index is 5.10. The second-order valence-corrected chi connectivity index (χ2v) is 10.1. The summed E-state index contributed by atoms with van der Waals surface area (Å²) >= 11 is 0. The second kappa shape index (κ2) is 4.51. The van der Waals surface area contributed by atoms with Crippen LogP contribution < -0.4 is 10.1 Å². The molecule has 0 radical (unpaired) electrons. The molecule has 0 aliphatic carbocycles. The number of nitrogens with one attached hydrogen (secondary N) is 1. The molecule has 0 saturated carbocycles. The predicted octanol–water partition coefficient (Wildman–Crippen LogP) is 2.98. The van der Waals surface area contributed by atoms with E-state index in [9.17, 15) is 0 Å². The van der Waals surface area contributed by atoms with Gasteiger partial charge < -0.3 is 10.1 Å². The van der Waals surface area contributed by atoms with Crippen molar-refractivity contribution in [2.75, 3.05) is 18.6 Å². The van der Waals surface area contributed by atoms with E-state index in [1.807, 2.05) is 12.1 Å². The van der Waals surface area contributed by atoms with E-state index in [1.54, 1.807) is 7.11 Å². The van der Waals surface area contributed by atoms with Gasteiger partial charge in [0.25, 0.3) is 0 Å². The van der Waals surface area contributed by atoms with Crippen molar-refractivity contribution in [1.29, 1.82) is 0 Å². The van der Waals surface area contributed by atoms with Gasteiger partial charge in [-0.15, -0.1) is 0 Å². The van der Waals surface area contributed by atoms with Crippen molar-refractivity contribution in [1.82, 2.24) is 0 Å². The van der Waals surface area contributed by atoms with Crippen LogP contribution in [0.5, 0.6) is 5.75 Å². The zero-order valence-corrected chi connectivity index (χ0v) is 10.4. The molecule has 0 aliphatic heterocycles. The van der Waals surface area contributed by atoms with Gasteiger partial charge in [0.15, 0.2) is 0 Å². The lowest BCUT2D eigenvalue weighted by Crippen LogP contribution is -2.31. The lowest BCUT2D eigenvalue weighted by Gasteiger charge is -2.17. The van der Waals surface area contributed by atoms with E-state index in [0.717, 1.165) is 11.9 Å². The first-order valence-corrected chi connectivity index (χ1v) is 8.60. The Labute approximate surface area is 87.3 Å². The maximum absolute atomic E-state index is 5.10. The zero-order valence-electron chi connectivity index (χ0n) is 9.42. The number of hydrogen-bond donors (Lipinski definition) is 1. The molecule has 78 valence electrons. The molecule has 0 saturated heterocycles. The van der Waals surface area contributed by atoms with Crippen LogP contribution in [0.3, 0.4) is 0 Å². The van der Waals surface area contributed by atoms with E-state index in [0.29, 0.717) is 0 Å². The third kappa shape index (κ3) is 3.83. The molecular weight excluding hydrogens is 190 g/mol. The minimum absolute atomic E-state index is 0.906. The third-order valence-electron chi connectivity index (χ3n) is 1.91. The van der Waals surface area contributed by atoms with Crippen LogP contribution in [-0.2, 0) is 0 Å². The molecule has 0 aliphatic rings. The van der Waals surface area contributed by atoms with E-state index < -0.39 is 8.07 Å². The Bertz CT molecular complexity index is 276. The van der Waals surface area contributed by atoms with E-state index in [-0.39, 0.29) is 0 Å². The Morgan fingerprint density at radius 1 is 1.14 bits per heavy atom. The molecule has 1 aromatic rings. The zero-order chi connectivity index (χ0) is 10.6. The summed E-state index contributed by atoms with van der Waals surface area (Å²) in [7, 11) is 0.681. The van der Waals surface area contributed by atoms with Gasteiger partial charge in [-0.25, -0.2) is 0 Å². The summed E-state index contributed by atoms with van der Waals surface area (Å²) in [5, 5.41) is 3.44. The van der Waals surface area contributed by atoms with Gasteiger partial charge in [0.05, 0.1) is 15.2 Å². The summed E-state index contributed by atoms with van der Waals surface area (Å²) in [5.41, 5.74) is 1.17. The maximum Gasteiger partial charge on any atom is 0.119 e. The molecule has 0 spiro atoms. The Hall–Kier alpha value is -0.963. The van der Waals surface area contributed by atoms with Crippen molar-refractivity contribution in [2.45, 2.75) is 19.6 Å². The minimum atomic E-state index is -1.00. The average molecular weight is 209 g/mol. The van der Waals surface area contributed by atoms with Crippen LogP contribution in [0.25, 0.3) is 0 Å². The number of methoxy groups -OCH3 is 1. The van der Waals surface area contributed by atoms with Crippen LogP contribution in [0, 0.1) is 0 Å². The Kier molecular flexibility index (Phi) is 3.58.